The lowest BCUT2D eigenvalue weighted by molar-refractivity contribution is 1.27. The third-order valence-corrected chi connectivity index (χ3v) is 4.85. The van der Waals surface area contributed by atoms with Gasteiger partial charge in [0.05, 0.1) is 0 Å². The van der Waals surface area contributed by atoms with Crippen molar-refractivity contribution < 1.29 is 0 Å². The van der Waals surface area contributed by atoms with Crippen molar-refractivity contribution in [3.05, 3.63) is 80.9 Å². The van der Waals surface area contributed by atoms with Gasteiger partial charge in [0.2, 0.25) is 0 Å². The summed E-state index contributed by atoms with van der Waals surface area (Å²) in [5.74, 6) is 0. The zero-order valence-electron chi connectivity index (χ0n) is 14.7. The molecule has 2 aromatic carbocycles. The molecule has 118 valence electrons. The number of rotatable bonds is 3. The topological polar surface area (TPSA) is 26.0 Å². The molecule has 0 spiro atoms. The van der Waals surface area contributed by atoms with Crippen LogP contribution in [0.2, 0.25) is 0 Å². The van der Waals surface area contributed by atoms with E-state index in [1.165, 1.54) is 44.5 Å². The van der Waals surface area contributed by atoms with E-state index in [0.717, 1.165) is 17.7 Å². The van der Waals surface area contributed by atoms with Crippen LogP contribution in [0.3, 0.4) is 0 Å². The number of aryl methyl sites for hydroxylation is 3. The second-order valence-electron chi connectivity index (χ2n) is 6.84. The third kappa shape index (κ3) is 2.96. The van der Waals surface area contributed by atoms with Crippen molar-refractivity contribution in [1.82, 2.24) is 0 Å². The van der Waals surface area contributed by atoms with E-state index >= 15 is 0 Å². The smallest absolute Gasteiger partial charge is 0.0470 e. The molecule has 0 amide bonds. The molecule has 0 bridgehead atoms. The zero-order chi connectivity index (χ0) is 16.7. The van der Waals surface area contributed by atoms with E-state index in [1.807, 2.05) is 0 Å². The molecule has 23 heavy (non-hydrogen) atoms. The Bertz CT molecular complexity index is 833. The lowest BCUT2D eigenvalue weighted by Crippen LogP contribution is -2.03. The summed E-state index contributed by atoms with van der Waals surface area (Å²) in [5.41, 5.74) is 19.2. The third-order valence-electron chi connectivity index (χ3n) is 4.85. The summed E-state index contributed by atoms with van der Waals surface area (Å²) in [7, 11) is 0. The number of hydrogen-bond acceptors (Lipinski definition) is 1. The predicted octanol–water partition coefficient (Wildman–Crippen LogP) is 5.47. The minimum atomic E-state index is 0.893. The molecule has 0 aromatic heterocycles. The Morgan fingerprint density at radius 3 is 2.04 bits per heavy atom. The molecule has 0 saturated carbocycles. The van der Waals surface area contributed by atoms with Gasteiger partial charge >= 0.3 is 0 Å². The summed E-state index contributed by atoms with van der Waals surface area (Å²) >= 11 is 0. The van der Waals surface area contributed by atoms with Gasteiger partial charge in [0.1, 0.15) is 0 Å². The molecule has 1 nitrogen and oxygen atoms in total. The molecule has 0 aliphatic heterocycles. The minimum Gasteiger partial charge on any atom is -0.398 e. The normalized spacial score (nSPS) is 14.8. The highest BCUT2D eigenvalue weighted by Gasteiger charge is 2.26. The molecule has 3 rings (SSSR count). The van der Waals surface area contributed by atoms with E-state index in [0.29, 0.717) is 0 Å². The molecule has 1 heteroatoms. The molecule has 0 atom stereocenters. The quantitative estimate of drug-likeness (QED) is 0.748. The van der Waals surface area contributed by atoms with Gasteiger partial charge < -0.3 is 5.73 Å². The summed E-state index contributed by atoms with van der Waals surface area (Å²) in [6, 6.07) is 13.0. The predicted molar refractivity (Wildman–Crippen MR) is 100 cm³/mol. The van der Waals surface area contributed by atoms with Gasteiger partial charge in [-0.3, -0.25) is 0 Å². The maximum absolute atomic E-state index is 6.64. The van der Waals surface area contributed by atoms with Crippen LogP contribution in [0.25, 0.3) is 11.3 Å². The van der Waals surface area contributed by atoms with Crippen LogP contribution in [-0.4, -0.2) is 0 Å². The molecule has 0 radical (unpaired) electrons. The molecular formula is C22H25N. The molecule has 0 unspecified atom stereocenters. The lowest BCUT2D eigenvalue weighted by Gasteiger charge is -2.16. The Balaban J connectivity index is 2.24. The van der Waals surface area contributed by atoms with Crippen LogP contribution in [-0.2, 0) is 0 Å². The molecule has 1 aliphatic carbocycles. The van der Waals surface area contributed by atoms with Gasteiger partial charge in [0.15, 0.2) is 0 Å². The summed E-state index contributed by atoms with van der Waals surface area (Å²) in [5, 5.41) is 0. The fourth-order valence-electron chi connectivity index (χ4n) is 3.17. The Morgan fingerprint density at radius 1 is 0.870 bits per heavy atom. The molecule has 0 fully saturated rings. The van der Waals surface area contributed by atoms with E-state index in [1.54, 1.807) is 0 Å². The van der Waals surface area contributed by atoms with Crippen LogP contribution in [0.4, 0.5) is 0 Å². The fraction of sp³-hybridized carbons (Fsp3) is 0.273. The lowest BCUT2D eigenvalue weighted by atomic mass is 9.90. The average molecular weight is 303 g/mol. The van der Waals surface area contributed by atoms with Crippen molar-refractivity contribution in [3.8, 4) is 0 Å². The number of benzene rings is 2. The van der Waals surface area contributed by atoms with Crippen molar-refractivity contribution in [1.29, 1.82) is 0 Å². The highest BCUT2D eigenvalue weighted by molar-refractivity contribution is 6.01. The highest BCUT2D eigenvalue weighted by Crippen LogP contribution is 2.45. The fourth-order valence-corrected chi connectivity index (χ4v) is 3.17. The van der Waals surface area contributed by atoms with Gasteiger partial charge in [-0.15, -0.1) is 0 Å². The van der Waals surface area contributed by atoms with Crippen LogP contribution in [0.15, 0.2) is 47.5 Å². The maximum Gasteiger partial charge on any atom is 0.0470 e. The Labute approximate surface area is 139 Å². The van der Waals surface area contributed by atoms with Crippen molar-refractivity contribution in [2.24, 2.45) is 5.73 Å². The van der Waals surface area contributed by atoms with Gasteiger partial charge in [0.25, 0.3) is 0 Å². The van der Waals surface area contributed by atoms with Crippen LogP contribution >= 0.6 is 0 Å². The monoisotopic (exact) mass is 303 g/mol. The molecular weight excluding hydrogens is 278 g/mol. The van der Waals surface area contributed by atoms with Crippen LogP contribution in [0.1, 0.15) is 46.7 Å². The second kappa shape index (κ2) is 5.73. The van der Waals surface area contributed by atoms with Crippen LogP contribution in [0.5, 0.6) is 0 Å². The van der Waals surface area contributed by atoms with Crippen molar-refractivity contribution in [3.63, 3.8) is 0 Å². The van der Waals surface area contributed by atoms with E-state index in [2.05, 4.69) is 71.0 Å². The van der Waals surface area contributed by atoms with Gasteiger partial charge in [-0.05, 0) is 68.9 Å². The van der Waals surface area contributed by atoms with E-state index in [4.69, 9.17) is 5.73 Å². The SMILES string of the molecule is CC1=C(/C(=C(/N)c2ccc(C)cc2)c2cc(C)cc(C)c2C)C1. The first-order valence-corrected chi connectivity index (χ1v) is 8.22. The zero-order valence-corrected chi connectivity index (χ0v) is 14.7. The Hall–Kier alpha value is -2.28. The van der Waals surface area contributed by atoms with Gasteiger partial charge in [-0.25, -0.2) is 0 Å². The minimum absolute atomic E-state index is 0.893. The second-order valence-corrected chi connectivity index (χ2v) is 6.84. The molecule has 0 heterocycles. The van der Waals surface area contributed by atoms with Crippen molar-refractivity contribution in [2.45, 2.75) is 41.0 Å². The van der Waals surface area contributed by atoms with Crippen LogP contribution in [0, 0.1) is 27.7 Å². The van der Waals surface area contributed by atoms with E-state index in [9.17, 15) is 0 Å². The summed E-state index contributed by atoms with van der Waals surface area (Å²) in [6.45, 7) is 10.8. The van der Waals surface area contributed by atoms with Gasteiger partial charge in [0, 0.05) is 11.3 Å². The largest absolute Gasteiger partial charge is 0.398 e. The van der Waals surface area contributed by atoms with E-state index < -0.39 is 0 Å². The molecule has 0 saturated heterocycles. The average Bonchev–Trinajstić information content (AvgIpc) is 3.21. The molecule has 1 aliphatic rings. The summed E-state index contributed by atoms with van der Waals surface area (Å²) < 4.78 is 0. The van der Waals surface area contributed by atoms with Gasteiger partial charge in [-0.1, -0.05) is 53.1 Å². The first-order chi connectivity index (χ1) is 10.9. The standard InChI is InChI=1S/C22H25N/c1-13-6-8-18(9-7-13)22(23)21(19-12-16(19)4)20-11-14(2)10-15(3)17(20)5/h6-11H,12,23H2,1-5H3/b22-21-. The van der Waals surface area contributed by atoms with Crippen LogP contribution < -0.4 is 5.73 Å². The van der Waals surface area contributed by atoms with E-state index in [-0.39, 0.29) is 0 Å². The first kappa shape index (κ1) is 15.6. The van der Waals surface area contributed by atoms with Crippen molar-refractivity contribution in [2.75, 3.05) is 0 Å². The summed E-state index contributed by atoms with van der Waals surface area (Å²) in [6.07, 6.45) is 1.08. The first-order valence-electron chi connectivity index (χ1n) is 8.22. The molecule has 2 aromatic rings. The summed E-state index contributed by atoms with van der Waals surface area (Å²) in [4.78, 5) is 0. The number of hydrogen-bond donors (Lipinski definition) is 1. The Kier molecular flexibility index (Phi) is 3.89. The maximum atomic E-state index is 6.64. The Morgan fingerprint density at radius 2 is 1.48 bits per heavy atom. The van der Waals surface area contributed by atoms with Crippen molar-refractivity contribution >= 4 is 11.3 Å². The number of allylic oxidation sites excluding steroid dienone is 3. The number of nitrogens with two attached hydrogens (primary N) is 1. The molecule has 2 N–H and O–H groups in total. The van der Waals surface area contributed by atoms with Gasteiger partial charge in [-0.2, -0.15) is 0 Å². The highest BCUT2D eigenvalue weighted by atomic mass is 14.6.